The molecule has 0 aliphatic carbocycles. The SMILES string of the molecule is Cc1nc2n(c(=O)c1CCN1CCC(c3noc4cc(F)ccc34)CC1)CCCC2=Cc1cccnc1. The van der Waals surface area contributed by atoms with Gasteiger partial charge < -0.3 is 9.42 Å². The summed E-state index contributed by atoms with van der Waals surface area (Å²) in [5.41, 5.74) is 5.29. The topological polar surface area (TPSA) is 77.0 Å². The van der Waals surface area contributed by atoms with Gasteiger partial charge in [-0.15, -0.1) is 0 Å². The van der Waals surface area contributed by atoms with Gasteiger partial charge in [-0.2, -0.15) is 0 Å². The van der Waals surface area contributed by atoms with Gasteiger partial charge in [0.05, 0.1) is 5.69 Å². The molecule has 8 heteroatoms. The van der Waals surface area contributed by atoms with Crippen molar-refractivity contribution in [2.45, 2.75) is 51.5 Å². The summed E-state index contributed by atoms with van der Waals surface area (Å²) >= 11 is 0. The highest BCUT2D eigenvalue weighted by Crippen LogP contribution is 2.33. The van der Waals surface area contributed by atoms with Gasteiger partial charge in [0.25, 0.3) is 5.56 Å². The van der Waals surface area contributed by atoms with Gasteiger partial charge in [0.2, 0.25) is 0 Å². The highest BCUT2D eigenvalue weighted by molar-refractivity contribution is 5.80. The number of piperidine rings is 1. The maximum Gasteiger partial charge on any atom is 0.257 e. The smallest absolute Gasteiger partial charge is 0.257 e. The summed E-state index contributed by atoms with van der Waals surface area (Å²) in [6.45, 7) is 5.35. The van der Waals surface area contributed by atoms with Crippen LogP contribution in [0.3, 0.4) is 0 Å². The summed E-state index contributed by atoms with van der Waals surface area (Å²) in [6, 6.07) is 8.56. The fourth-order valence-electron chi connectivity index (χ4n) is 5.70. The molecule has 0 bridgehead atoms. The number of benzene rings is 1. The molecular weight excluding hydrogens is 469 g/mol. The predicted octanol–water partition coefficient (Wildman–Crippen LogP) is 4.98. The number of halogens is 1. The second-order valence-corrected chi connectivity index (χ2v) is 10.1. The number of pyridine rings is 1. The van der Waals surface area contributed by atoms with Crippen molar-refractivity contribution in [3.63, 3.8) is 0 Å². The molecule has 0 N–H and O–H groups in total. The molecule has 0 atom stereocenters. The van der Waals surface area contributed by atoms with E-state index in [4.69, 9.17) is 9.51 Å². The summed E-state index contributed by atoms with van der Waals surface area (Å²) < 4.78 is 20.7. The first-order valence-corrected chi connectivity index (χ1v) is 13.1. The van der Waals surface area contributed by atoms with Gasteiger partial charge in [-0.1, -0.05) is 11.2 Å². The minimum Gasteiger partial charge on any atom is -0.356 e. The first-order chi connectivity index (χ1) is 18.1. The van der Waals surface area contributed by atoms with Crippen LogP contribution in [0.15, 0.2) is 52.0 Å². The van der Waals surface area contributed by atoms with Crippen LogP contribution in [0.4, 0.5) is 4.39 Å². The average Bonchev–Trinajstić information content (AvgIpc) is 3.33. The van der Waals surface area contributed by atoms with Crippen molar-refractivity contribution in [3.8, 4) is 0 Å². The minimum absolute atomic E-state index is 0.0930. The van der Waals surface area contributed by atoms with E-state index in [-0.39, 0.29) is 11.4 Å². The Kier molecular flexibility index (Phi) is 6.42. The summed E-state index contributed by atoms with van der Waals surface area (Å²) in [7, 11) is 0. The average molecular weight is 500 g/mol. The summed E-state index contributed by atoms with van der Waals surface area (Å²) in [6.07, 6.45) is 10.1. The third-order valence-corrected chi connectivity index (χ3v) is 7.72. The van der Waals surface area contributed by atoms with Crippen molar-refractivity contribution >= 4 is 22.6 Å². The molecule has 0 radical (unpaired) electrons. The number of nitrogens with zero attached hydrogens (tertiary/aromatic N) is 5. The summed E-state index contributed by atoms with van der Waals surface area (Å²) in [5, 5.41) is 5.16. The quantitative estimate of drug-likeness (QED) is 0.385. The van der Waals surface area contributed by atoms with E-state index in [0.717, 1.165) is 84.6 Å². The van der Waals surface area contributed by atoms with Crippen molar-refractivity contribution in [1.82, 2.24) is 24.6 Å². The van der Waals surface area contributed by atoms with Crippen molar-refractivity contribution in [2.24, 2.45) is 0 Å². The van der Waals surface area contributed by atoms with Crippen molar-refractivity contribution < 1.29 is 8.91 Å². The van der Waals surface area contributed by atoms with E-state index in [0.29, 0.717) is 24.5 Å². The second-order valence-electron chi connectivity index (χ2n) is 10.1. The Bertz CT molecular complexity index is 1520. The van der Waals surface area contributed by atoms with E-state index in [1.165, 1.54) is 12.1 Å². The van der Waals surface area contributed by atoms with Gasteiger partial charge in [0.1, 0.15) is 11.6 Å². The zero-order chi connectivity index (χ0) is 25.4. The molecule has 0 saturated carbocycles. The molecule has 2 aliphatic rings. The number of aromatic nitrogens is 4. The fourth-order valence-corrected chi connectivity index (χ4v) is 5.70. The maximum atomic E-state index is 13.5. The first-order valence-electron chi connectivity index (χ1n) is 13.1. The Morgan fingerprint density at radius 3 is 2.86 bits per heavy atom. The highest BCUT2D eigenvalue weighted by atomic mass is 19.1. The van der Waals surface area contributed by atoms with Gasteiger partial charge in [-0.05, 0) is 87.5 Å². The lowest BCUT2D eigenvalue weighted by molar-refractivity contribution is 0.211. The molecule has 7 nitrogen and oxygen atoms in total. The van der Waals surface area contributed by atoms with Crippen LogP contribution in [0.5, 0.6) is 0 Å². The molecule has 6 rings (SSSR count). The van der Waals surface area contributed by atoms with E-state index in [9.17, 15) is 9.18 Å². The Morgan fingerprint density at radius 2 is 2.05 bits per heavy atom. The molecule has 2 aliphatic heterocycles. The molecular formula is C29H30FN5O2. The second kappa shape index (κ2) is 10.0. The number of allylic oxidation sites excluding steroid dienone is 1. The lowest BCUT2D eigenvalue weighted by Gasteiger charge is -2.31. The number of fused-ring (bicyclic) bond motifs is 2. The van der Waals surface area contributed by atoms with Crippen LogP contribution in [0, 0.1) is 12.7 Å². The van der Waals surface area contributed by atoms with E-state index >= 15 is 0 Å². The fraction of sp³-hybridized carbons (Fsp3) is 0.379. The number of hydrogen-bond acceptors (Lipinski definition) is 6. The molecule has 190 valence electrons. The van der Waals surface area contributed by atoms with Crippen molar-refractivity contribution in [1.29, 1.82) is 0 Å². The molecule has 5 heterocycles. The lowest BCUT2D eigenvalue weighted by atomic mass is 9.91. The summed E-state index contributed by atoms with van der Waals surface area (Å²) in [4.78, 5) is 25.0. The van der Waals surface area contributed by atoms with E-state index in [1.54, 1.807) is 12.3 Å². The zero-order valence-corrected chi connectivity index (χ0v) is 21.0. The largest absolute Gasteiger partial charge is 0.356 e. The van der Waals surface area contributed by atoms with Crippen LogP contribution < -0.4 is 5.56 Å². The molecule has 0 unspecified atom stereocenters. The number of likely N-dealkylation sites (tertiary alicyclic amines) is 1. The molecule has 4 aromatic rings. The third-order valence-electron chi connectivity index (χ3n) is 7.72. The molecule has 0 amide bonds. The highest BCUT2D eigenvalue weighted by Gasteiger charge is 2.26. The number of rotatable bonds is 5. The van der Waals surface area contributed by atoms with Crippen LogP contribution in [0.25, 0.3) is 22.6 Å². The zero-order valence-electron chi connectivity index (χ0n) is 21.0. The van der Waals surface area contributed by atoms with Crippen LogP contribution >= 0.6 is 0 Å². The van der Waals surface area contributed by atoms with Crippen LogP contribution in [0.1, 0.15) is 59.9 Å². The molecule has 1 saturated heterocycles. The number of aryl methyl sites for hydroxylation is 1. The van der Waals surface area contributed by atoms with Gasteiger partial charge in [-0.3, -0.25) is 14.3 Å². The molecule has 1 aromatic carbocycles. The van der Waals surface area contributed by atoms with Crippen molar-refractivity contribution in [3.05, 3.63) is 87.2 Å². The van der Waals surface area contributed by atoms with E-state index in [2.05, 4.69) is 21.1 Å². The Morgan fingerprint density at radius 1 is 1.19 bits per heavy atom. The maximum absolute atomic E-state index is 13.5. The molecule has 3 aromatic heterocycles. The standard InChI is InChI=1S/C29H30FN5O2/c1-19-24(29(36)35-12-3-5-22(28(35)32-19)16-20-4-2-11-31-18-20)10-15-34-13-8-21(9-14-34)27-25-7-6-23(30)17-26(25)37-33-27/h2,4,6-7,11,16-18,21H,3,5,8-10,12-15H2,1H3. The number of hydrogen-bond donors (Lipinski definition) is 0. The van der Waals surface area contributed by atoms with Gasteiger partial charge in [-0.25, -0.2) is 9.37 Å². The Hall–Kier alpha value is -3.65. The van der Waals surface area contributed by atoms with Crippen LogP contribution in [-0.4, -0.2) is 44.2 Å². The normalized spacial score (nSPS) is 17.9. The lowest BCUT2D eigenvalue weighted by Crippen LogP contribution is -2.37. The third kappa shape index (κ3) is 4.73. The monoisotopic (exact) mass is 499 g/mol. The summed E-state index contributed by atoms with van der Waals surface area (Å²) in [5.74, 6) is 0.779. The van der Waals surface area contributed by atoms with Crippen LogP contribution in [-0.2, 0) is 13.0 Å². The first kappa shape index (κ1) is 23.7. The Balaban J connectivity index is 1.14. The van der Waals surface area contributed by atoms with Crippen LogP contribution in [0.2, 0.25) is 0 Å². The van der Waals surface area contributed by atoms with E-state index in [1.807, 2.05) is 29.8 Å². The predicted molar refractivity (Wildman–Crippen MR) is 141 cm³/mol. The minimum atomic E-state index is -0.311. The molecule has 37 heavy (non-hydrogen) atoms. The van der Waals surface area contributed by atoms with Gasteiger partial charge >= 0.3 is 0 Å². The molecule has 1 fully saturated rings. The van der Waals surface area contributed by atoms with Crippen molar-refractivity contribution in [2.75, 3.05) is 19.6 Å². The molecule has 0 spiro atoms. The Labute approximate surface area is 214 Å². The van der Waals surface area contributed by atoms with E-state index < -0.39 is 0 Å². The van der Waals surface area contributed by atoms with Gasteiger partial charge in [0.15, 0.2) is 5.58 Å². The van der Waals surface area contributed by atoms with Gasteiger partial charge in [0, 0.05) is 54.1 Å².